The number of hydrogen-bond donors (Lipinski definition) is 0. The van der Waals surface area contributed by atoms with E-state index in [0.29, 0.717) is 6.04 Å². The number of alkyl halides is 3. The van der Waals surface area contributed by atoms with Gasteiger partial charge in [0.1, 0.15) is 0 Å². The van der Waals surface area contributed by atoms with Crippen LogP contribution in [0.5, 0.6) is 0 Å². The van der Waals surface area contributed by atoms with Gasteiger partial charge in [-0.3, -0.25) is 0 Å². The molecule has 1 aliphatic rings. The Bertz CT molecular complexity index is 222. The van der Waals surface area contributed by atoms with Crippen LogP contribution in [0.4, 0.5) is 13.2 Å². The first-order valence-electron chi connectivity index (χ1n) is 4.07. The summed E-state index contributed by atoms with van der Waals surface area (Å²) in [6.07, 6.45) is -1.46. The third-order valence-corrected chi connectivity index (χ3v) is 4.59. The van der Waals surface area contributed by atoms with Crippen molar-refractivity contribution >= 4 is 20.8 Å². The summed E-state index contributed by atoms with van der Waals surface area (Å²) in [5, 5.41) is 0. The van der Waals surface area contributed by atoms with Gasteiger partial charge in [0, 0.05) is 18.9 Å². The maximum atomic E-state index is 11.8. The van der Waals surface area contributed by atoms with Gasteiger partial charge < -0.3 is 9.32 Å². The Kier molecular flexibility index (Phi) is 2.89. The average molecular weight is 208 g/mol. The fraction of sp³-hybridized carbons (Fsp3) is 0.714. The van der Waals surface area contributed by atoms with Gasteiger partial charge in [-0.15, -0.1) is 0 Å². The SMILES string of the molecule is C[Si]1(CCCC(F)(F)F)N=CC=N1. The van der Waals surface area contributed by atoms with E-state index in [9.17, 15) is 13.2 Å². The molecule has 0 aliphatic carbocycles. The van der Waals surface area contributed by atoms with Crippen LogP contribution in [-0.4, -0.2) is 27.0 Å². The molecule has 0 amide bonds. The van der Waals surface area contributed by atoms with E-state index in [2.05, 4.69) is 9.32 Å². The summed E-state index contributed by atoms with van der Waals surface area (Å²) in [7, 11) is -2.05. The normalized spacial score (nSPS) is 19.7. The highest BCUT2D eigenvalue weighted by Crippen LogP contribution is 2.26. The van der Waals surface area contributed by atoms with Crippen molar-refractivity contribution in [2.45, 2.75) is 31.6 Å². The summed E-state index contributed by atoms with van der Waals surface area (Å²) in [6, 6.07) is 0.486. The van der Waals surface area contributed by atoms with Crippen molar-refractivity contribution in [1.82, 2.24) is 0 Å². The van der Waals surface area contributed by atoms with E-state index in [4.69, 9.17) is 0 Å². The highest BCUT2D eigenvalue weighted by atomic mass is 28.3. The van der Waals surface area contributed by atoms with Crippen molar-refractivity contribution in [3.63, 3.8) is 0 Å². The fourth-order valence-corrected chi connectivity index (χ4v) is 3.12. The zero-order valence-electron chi connectivity index (χ0n) is 7.30. The highest BCUT2D eigenvalue weighted by Gasteiger charge is 2.31. The molecule has 0 unspecified atom stereocenters. The molecule has 0 radical (unpaired) electrons. The third-order valence-electron chi connectivity index (χ3n) is 1.88. The van der Waals surface area contributed by atoms with Crippen LogP contribution in [0.1, 0.15) is 12.8 Å². The molecule has 0 aromatic carbocycles. The molecule has 0 N–H and O–H groups in total. The molecule has 2 nitrogen and oxygen atoms in total. The second-order valence-corrected chi connectivity index (χ2v) is 6.69. The molecular formula is C7H11F3N2Si. The maximum absolute atomic E-state index is 11.8. The lowest BCUT2D eigenvalue weighted by Gasteiger charge is -2.13. The minimum absolute atomic E-state index is 0.140. The first-order chi connectivity index (χ1) is 5.91. The number of hydrogen-bond acceptors (Lipinski definition) is 2. The molecule has 6 heteroatoms. The highest BCUT2D eigenvalue weighted by molar-refractivity contribution is 6.80. The first kappa shape index (κ1) is 10.4. The topological polar surface area (TPSA) is 24.7 Å². The first-order valence-corrected chi connectivity index (χ1v) is 6.67. The molecule has 0 aromatic rings. The van der Waals surface area contributed by atoms with E-state index < -0.39 is 21.0 Å². The van der Waals surface area contributed by atoms with Crippen molar-refractivity contribution in [3.05, 3.63) is 0 Å². The summed E-state index contributed by atoms with van der Waals surface area (Å²) in [4.78, 5) is 0. The molecule has 0 saturated heterocycles. The second kappa shape index (κ2) is 3.61. The van der Waals surface area contributed by atoms with Gasteiger partial charge in [-0.05, 0) is 19.0 Å². The van der Waals surface area contributed by atoms with E-state index in [1.807, 2.05) is 6.55 Å². The summed E-state index contributed by atoms with van der Waals surface area (Å²) in [5.74, 6) is 0. The number of halogens is 3. The minimum atomic E-state index is -4.04. The monoisotopic (exact) mass is 208 g/mol. The van der Waals surface area contributed by atoms with Crippen molar-refractivity contribution in [1.29, 1.82) is 0 Å². The molecule has 0 bridgehead atoms. The molecule has 74 valence electrons. The Morgan fingerprint density at radius 2 is 1.77 bits per heavy atom. The quantitative estimate of drug-likeness (QED) is 0.637. The lowest BCUT2D eigenvalue weighted by molar-refractivity contribution is -0.134. The minimum Gasteiger partial charge on any atom is -0.302 e. The van der Waals surface area contributed by atoms with E-state index >= 15 is 0 Å². The molecule has 0 saturated carbocycles. The Balaban J connectivity index is 2.27. The van der Waals surface area contributed by atoms with Gasteiger partial charge in [0.2, 0.25) is 0 Å². The second-order valence-electron chi connectivity index (χ2n) is 3.24. The van der Waals surface area contributed by atoms with Gasteiger partial charge in [0.05, 0.1) is 0 Å². The zero-order valence-corrected chi connectivity index (χ0v) is 8.30. The molecule has 1 heterocycles. The summed E-state index contributed by atoms with van der Waals surface area (Å²) >= 11 is 0. The van der Waals surface area contributed by atoms with Crippen LogP contribution in [0.15, 0.2) is 9.32 Å². The van der Waals surface area contributed by atoms with Crippen molar-refractivity contribution in [2.24, 2.45) is 9.32 Å². The average Bonchev–Trinajstić information content (AvgIpc) is 2.33. The Hall–Kier alpha value is -0.653. The van der Waals surface area contributed by atoms with Gasteiger partial charge in [-0.25, -0.2) is 0 Å². The van der Waals surface area contributed by atoms with Crippen LogP contribution in [-0.2, 0) is 0 Å². The van der Waals surface area contributed by atoms with Crippen LogP contribution < -0.4 is 0 Å². The zero-order chi connectivity index (χ0) is 9.95. The number of rotatable bonds is 3. The molecule has 0 spiro atoms. The van der Waals surface area contributed by atoms with E-state index in [1.54, 1.807) is 12.4 Å². The fourth-order valence-electron chi connectivity index (χ4n) is 1.17. The molecule has 1 rings (SSSR count). The predicted octanol–water partition coefficient (Wildman–Crippen LogP) is 2.56. The molecule has 1 aliphatic heterocycles. The largest absolute Gasteiger partial charge is 0.389 e. The summed E-state index contributed by atoms with van der Waals surface area (Å²) < 4.78 is 43.6. The van der Waals surface area contributed by atoms with Gasteiger partial charge in [-0.1, -0.05) is 0 Å². The van der Waals surface area contributed by atoms with Crippen LogP contribution in [0, 0.1) is 0 Å². The standard InChI is InChI=1S/C7H11F3N2Si/c1-13(11-4-5-12-13)6-2-3-7(8,9)10/h4-5H,2-3,6H2,1H3. The van der Waals surface area contributed by atoms with E-state index in [0.717, 1.165) is 0 Å². The maximum Gasteiger partial charge on any atom is 0.389 e. The van der Waals surface area contributed by atoms with E-state index in [1.165, 1.54) is 0 Å². The van der Waals surface area contributed by atoms with Crippen molar-refractivity contribution in [2.75, 3.05) is 0 Å². The Morgan fingerprint density at radius 1 is 1.23 bits per heavy atom. The number of nitrogens with zero attached hydrogens (tertiary/aromatic N) is 2. The van der Waals surface area contributed by atoms with Gasteiger partial charge >= 0.3 is 6.18 Å². The summed E-state index contributed by atoms with van der Waals surface area (Å²) in [6.45, 7) is 1.86. The van der Waals surface area contributed by atoms with Crippen molar-refractivity contribution in [3.8, 4) is 0 Å². The smallest absolute Gasteiger partial charge is 0.302 e. The molecule has 0 aromatic heterocycles. The van der Waals surface area contributed by atoms with Gasteiger partial charge in [-0.2, -0.15) is 13.2 Å². The lowest BCUT2D eigenvalue weighted by atomic mass is 10.3. The van der Waals surface area contributed by atoms with Crippen molar-refractivity contribution < 1.29 is 13.2 Å². The summed E-state index contributed by atoms with van der Waals surface area (Å²) in [5.41, 5.74) is 0. The molecule has 0 fully saturated rings. The third kappa shape index (κ3) is 3.71. The van der Waals surface area contributed by atoms with Crippen LogP contribution in [0.25, 0.3) is 0 Å². The predicted molar refractivity (Wildman–Crippen MR) is 48.7 cm³/mol. The molecular weight excluding hydrogens is 197 g/mol. The molecule has 13 heavy (non-hydrogen) atoms. The van der Waals surface area contributed by atoms with Gasteiger partial charge in [0.25, 0.3) is 8.40 Å². The Labute approximate surface area is 75.8 Å². The van der Waals surface area contributed by atoms with Crippen LogP contribution in [0.2, 0.25) is 12.6 Å². The van der Waals surface area contributed by atoms with E-state index in [-0.39, 0.29) is 6.42 Å². The Morgan fingerprint density at radius 3 is 2.23 bits per heavy atom. The van der Waals surface area contributed by atoms with Crippen LogP contribution in [0.3, 0.4) is 0 Å². The van der Waals surface area contributed by atoms with Crippen LogP contribution >= 0.6 is 0 Å². The van der Waals surface area contributed by atoms with Gasteiger partial charge in [0.15, 0.2) is 0 Å². The lowest BCUT2D eigenvalue weighted by Crippen LogP contribution is -2.23. The molecule has 0 atom stereocenters.